The third-order valence-electron chi connectivity index (χ3n) is 3.51. The van der Waals surface area contributed by atoms with Crippen molar-refractivity contribution in [1.82, 2.24) is 4.90 Å². The highest BCUT2D eigenvalue weighted by molar-refractivity contribution is 5.54. The van der Waals surface area contributed by atoms with Gasteiger partial charge < -0.3 is 9.80 Å². The molecule has 2 nitrogen and oxygen atoms in total. The summed E-state index contributed by atoms with van der Waals surface area (Å²) in [5, 5.41) is 0. The highest BCUT2D eigenvalue weighted by Gasteiger charge is 2.16. The minimum atomic E-state index is 1.16. The number of rotatable bonds is 2. The molecule has 0 unspecified atom stereocenters. The lowest BCUT2D eigenvalue weighted by Crippen LogP contribution is -2.46. The van der Waals surface area contributed by atoms with Gasteiger partial charge in [0.15, 0.2) is 0 Å². The standard InChI is InChI=1S/C14H22N2/c1-4-15-7-9-16(10-8-15)14-6-5-12(2)11-13(14)3/h5-6,11H,4,7-10H2,1-3H3. The molecular formula is C14H22N2. The van der Waals surface area contributed by atoms with Crippen molar-refractivity contribution in [1.29, 1.82) is 0 Å². The van der Waals surface area contributed by atoms with E-state index in [4.69, 9.17) is 0 Å². The average Bonchev–Trinajstić information content (AvgIpc) is 2.29. The predicted octanol–water partition coefficient (Wildman–Crippen LogP) is 2.45. The van der Waals surface area contributed by atoms with Crippen LogP contribution in [0.4, 0.5) is 5.69 Å². The lowest BCUT2D eigenvalue weighted by Gasteiger charge is -2.36. The molecular weight excluding hydrogens is 196 g/mol. The third kappa shape index (κ3) is 2.38. The van der Waals surface area contributed by atoms with E-state index < -0.39 is 0 Å². The predicted molar refractivity (Wildman–Crippen MR) is 70.2 cm³/mol. The van der Waals surface area contributed by atoms with Crippen LogP contribution in [0.3, 0.4) is 0 Å². The van der Waals surface area contributed by atoms with E-state index in [2.05, 4.69) is 48.8 Å². The number of hydrogen-bond donors (Lipinski definition) is 0. The van der Waals surface area contributed by atoms with Gasteiger partial charge in [0.05, 0.1) is 0 Å². The van der Waals surface area contributed by atoms with Gasteiger partial charge >= 0.3 is 0 Å². The van der Waals surface area contributed by atoms with Crippen LogP contribution in [-0.4, -0.2) is 37.6 Å². The lowest BCUT2D eigenvalue weighted by molar-refractivity contribution is 0.271. The number of aryl methyl sites for hydroxylation is 2. The molecule has 88 valence electrons. The summed E-state index contributed by atoms with van der Waals surface area (Å²) in [6, 6.07) is 6.77. The van der Waals surface area contributed by atoms with Crippen molar-refractivity contribution >= 4 is 5.69 Å². The summed E-state index contributed by atoms with van der Waals surface area (Å²) in [5.74, 6) is 0. The Kier molecular flexibility index (Phi) is 3.49. The molecule has 1 aliphatic heterocycles. The van der Waals surface area contributed by atoms with E-state index in [1.807, 2.05) is 0 Å². The SMILES string of the molecule is CCN1CCN(c2ccc(C)cc2C)CC1. The Morgan fingerprint density at radius 3 is 2.31 bits per heavy atom. The Morgan fingerprint density at radius 2 is 1.75 bits per heavy atom. The summed E-state index contributed by atoms with van der Waals surface area (Å²) in [5.41, 5.74) is 4.18. The molecule has 1 fully saturated rings. The molecule has 2 rings (SSSR count). The summed E-state index contributed by atoms with van der Waals surface area (Å²) in [4.78, 5) is 5.03. The van der Waals surface area contributed by atoms with Gasteiger partial charge in [0.25, 0.3) is 0 Å². The van der Waals surface area contributed by atoms with Gasteiger partial charge in [-0.05, 0) is 32.0 Å². The Hall–Kier alpha value is -1.02. The van der Waals surface area contributed by atoms with Gasteiger partial charge in [-0.25, -0.2) is 0 Å². The number of piperazine rings is 1. The second-order valence-electron chi connectivity index (χ2n) is 4.71. The number of likely N-dealkylation sites (N-methyl/N-ethyl adjacent to an activating group) is 1. The Morgan fingerprint density at radius 1 is 1.06 bits per heavy atom. The number of anilines is 1. The van der Waals surface area contributed by atoms with Crippen LogP contribution in [0.1, 0.15) is 18.1 Å². The van der Waals surface area contributed by atoms with Gasteiger partial charge in [-0.15, -0.1) is 0 Å². The molecule has 0 bridgehead atoms. The van der Waals surface area contributed by atoms with Crippen LogP contribution in [-0.2, 0) is 0 Å². The van der Waals surface area contributed by atoms with E-state index in [1.165, 1.54) is 36.4 Å². The van der Waals surface area contributed by atoms with E-state index >= 15 is 0 Å². The molecule has 0 N–H and O–H groups in total. The molecule has 0 saturated carbocycles. The van der Waals surface area contributed by atoms with Crippen molar-refractivity contribution in [3.63, 3.8) is 0 Å². The largest absolute Gasteiger partial charge is 0.369 e. The average molecular weight is 218 g/mol. The van der Waals surface area contributed by atoms with Crippen molar-refractivity contribution in [3.05, 3.63) is 29.3 Å². The van der Waals surface area contributed by atoms with Crippen LogP contribution in [0, 0.1) is 13.8 Å². The van der Waals surface area contributed by atoms with Crippen molar-refractivity contribution in [2.75, 3.05) is 37.6 Å². The van der Waals surface area contributed by atoms with Gasteiger partial charge in [-0.1, -0.05) is 24.6 Å². The first-order chi connectivity index (χ1) is 7.70. The maximum atomic E-state index is 2.51. The Labute approximate surface area is 98.9 Å². The first-order valence-corrected chi connectivity index (χ1v) is 6.25. The Bertz CT molecular complexity index is 352. The molecule has 1 heterocycles. The minimum absolute atomic E-state index is 1.16. The Balaban J connectivity index is 2.08. The van der Waals surface area contributed by atoms with Gasteiger partial charge in [0.1, 0.15) is 0 Å². The molecule has 1 saturated heterocycles. The zero-order chi connectivity index (χ0) is 11.5. The zero-order valence-corrected chi connectivity index (χ0v) is 10.7. The van der Waals surface area contributed by atoms with Crippen LogP contribution in [0.15, 0.2) is 18.2 Å². The molecule has 2 heteroatoms. The highest BCUT2D eigenvalue weighted by Crippen LogP contribution is 2.22. The van der Waals surface area contributed by atoms with Gasteiger partial charge in [0.2, 0.25) is 0 Å². The summed E-state index contributed by atoms with van der Waals surface area (Å²) in [7, 11) is 0. The van der Waals surface area contributed by atoms with Crippen molar-refractivity contribution in [2.24, 2.45) is 0 Å². The molecule has 1 aromatic rings. The highest BCUT2D eigenvalue weighted by atomic mass is 15.3. The van der Waals surface area contributed by atoms with Crippen LogP contribution in [0.5, 0.6) is 0 Å². The molecule has 0 spiro atoms. The quantitative estimate of drug-likeness (QED) is 0.752. The van der Waals surface area contributed by atoms with Crippen LogP contribution in [0.25, 0.3) is 0 Å². The van der Waals surface area contributed by atoms with Gasteiger partial charge in [0, 0.05) is 31.9 Å². The lowest BCUT2D eigenvalue weighted by atomic mass is 10.1. The maximum absolute atomic E-state index is 2.51. The first kappa shape index (κ1) is 11.5. The van der Waals surface area contributed by atoms with Crippen molar-refractivity contribution < 1.29 is 0 Å². The summed E-state index contributed by atoms with van der Waals surface area (Å²) in [6.07, 6.45) is 0. The third-order valence-corrected chi connectivity index (χ3v) is 3.51. The van der Waals surface area contributed by atoms with Crippen molar-refractivity contribution in [2.45, 2.75) is 20.8 Å². The van der Waals surface area contributed by atoms with Crippen LogP contribution in [0.2, 0.25) is 0 Å². The molecule has 0 aromatic heterocycles. The summed E-state index contributed by atoms with van der Waals surface area (Å²) >= 11 is 0. The summed E-state index contributed by atoms with van der Waals surface area (Å²) in [6.45, 7) is 12.5. The molecule has 0 atom stereocenters. The molecule has 0 aliphatic carbocycles. The smallest absolute Gasteiger partial charge is 0.0396 e. The molecule has 1 aliphatic rings. The maximum Gasteiger partial charge on any atom is 0.0396 e. The molecule has 0 amide bonds. The van der Waals surface area contributed by atoms with E-state index in [1.54, 1.807) is 0 Å². The van der Waals surface area contributed by atoms with Crippen LogP contribution >= 0.6 is 0 Å². The molecule has 0 radical (unpaired) electrons. The van der Waals surface area contributed by atoms with Gasteiger partial charge in [-0.3, -0.25) is 0 Å². The minimum Gasteiger partial charge on any atom is -0.369 e. The number of nitrogens with zero attached hydrogens (tertiary/aromatic N) is 2. The monoisotopic (exact) mass is 218 g/mol. The second kappa shape index (κ2) is 4.88. The first-order valence-electron chi connectivity index (χ1n) is 6.25. The van der Waals surface area contributed by atoms with E-state index in [0.717, 1.165) is 13.1 Å². The second-order valence-corrected chi connectivity index (χ2v) is 4.71. The molecule has 16 heavy (non-hydrogen) atoms. The fourth-order valence-electron chi connectivity index (χ4n) is 2.47. The van der Waals surface area contributed by atoms with Gasteiger partial charge in [-0.2, -0.15) is 0 Å². The van der Waals surface area contributed by atoms with E-state index in [0.29, 0.717) is 0 Å². The van der Waals surface area contributed by atoms with Crippen molar-refractivity contribution in [3.8, 4) is 0 Å². The topological polar surface area (TPSA) is 6.48 Å². The molecule has 1 aromatic carbocycles. The number of hydrogen-bond acceptors (Lipinski definition) is 2. The van der Waals surface area contributed by atoms with E-state index in [-0.39, 0.29) is 0 Å². The summed E-state index contributed by atoms with van der Waals surface area (Å²) < 4.78 is 0. The zero-order valence-electron chi connectivity index (χ0n) is 10.7. The van der Waals surface area contributed by atoms with Crippen LogP contribution < -0.4 is 4.90 Å². The normalized spacial score (nSPS) is 17.8. The number of benzene rings is 1. The van der Waals surface area contributed by atoms with E-state index in [9.17, 15) is 0 Å². The fraction of sp³-hybridized carbons (Fsp3) is 0.571. The fourth-order valence-corrected chi connectivity index (χ4v) is 2.47.